The van der Waals surface area contributed by atoms with Crippen LogP contribution in [0.4, 0.5) is 0 Å². The van der Waals surface area contributed by atoms with Gasteiger partial charge in [0.05, 0.1) is 5.02 Å². The molecule has 1 fully saturated rings. The number of hydrogen-bond donors (Lipinski definition) is 1. The van der Waals surface area contributed by atoms with Gasteiger partial charge in [-0.25, -0.2) is 4.79 Å². The molecule has 1 unspecified atom stereocenters. The topological polar surface area (TPSA) is 57.6 Å². The van der Waals surface area contributed by atoms with Crippen molar-refractivity contribution in [2.75, 3.05) is 6.54 Å². The second-order valence-corrected chi connectivity index (χ2v) is 5.75. The summed E-state index contributed by atoms with van der Waals surface area (Å²) in [5.41, 5.74) is 0. The first-order chi connectivity index (χ1) is 8.58. The number of aryl methyl sites for hydroxylation is 1. The van der Waals surface area contributed by atoms with Crippen molar-refractivity contribution in [2.24, 2.45) is 0 Å². The standard InChI is InChI=1S/C12H14ClNO3S/c13-8-6-9(18-7-8)3-4-11(15)14-5-1-2-10(14)12(16)17/h6-7,10H,1-5H2,(H,16,17). The lowest BCUT2D eigenvalue weighted by Gasteiger charge is -2.21. The van der Waals surface area contributed by atoms with Gasteiger partial charge >= 0.3 is 5.97 Å². The number of carboxylic acid groups (broad SMARTS) is 1. The Morgan fingerprint density at radius 3 is 2.94 bits per heavy atom. The summed E-state index contributed by atoms with van der Waals surface area (Å²) in [5.74, 6) is -0.982. The first-order valence-electron chi connectivity index (χ1n) is 5.83. The average molecular weight is 288 g/mol. The van der Waals surface area contributed by atoms with Crippen molar-refractivity contribution in [3.8, 4) is 0 Å². The van der Waals surface area contributed by atoms with Gasteiger partial charge in [0, 0.05) is 23.2 Å². The van der Waals surface area contributed by atoms with Crippen molar-refractivity contribution in [2.45, 2.75) is 31.7 Å². The van der Waals surface area contributed by atoms with Crippen LogP contribution in [0.5, 0.6) is 0 Å². The van der Waals surface area contributed by atoms with Gasteiger partial charge < -0.3 is 10.0 Å². The second kappa shape index (κ2) is 5.71. The smallest absolute Gasteiger partial charge is 0.326 e. The zero-order valence-corrected chi connectivity index (χ0v) is 11.3. The van der Waals surface area contributed by atoms with Gasteiger partial charge in [0.1, 0.15) is 6.04 Å². The SMILES string of the molecule is O=C(O)C1CCCN1C(=O)CCc1cc(Cl)cs1. The Labute approximate surface area is 114 Å². The Morgan fingerprint density at radius 1 is 1.56 bits per heavy atom. The predicted molar refractivity (Wildman–Crippen MR) is 70.0 cm³/mol. The van der Waals surface area contributed by atoms with E-state index < -0.39 is 12.0 Å². The third-order valence-corrected chi connectivity index (χ3v) is 4.41. The molecule has 0 aromatic carbocycles. The summed E-state index contributed by atoms with van der Waals surface area (Å²) in [7, 11) is 0. The highest BCUT2D eigenvalue weighted by molar-refractivity contribution is 7.10. The van der Waals surface area contributed by atoms with Gasteiger partial charge in [-0.1, -0.05) is 11.6 Å². The molecule has 0 spiro atoms. The lowest BCUT2D eigenvalue weighted by molar-refractivity contribution is -0.148. The van der Waals surface area contributed by atoms with Gasteiger partial charge in [-0.15, -0.1) is 11.3 Å². The van der Waals surface area contributed by atoms with Gasteiger partial charge in [-0.05, 0) is 25.3 Å². The molecule has 2 rings (SSSR count). The number of aliphatic carboxylic acids is 1. The Morgan fingerprint density at radius 2 is 2.33 bits per heavy atom. The Balaban J connectivity index is 1.89. The van der Waals surface area contributed by atoms with Gasteiger partial charge in [0.25, 0.3) is 0 Å². The highest BCUT2D eigenvalue weighted by Crippen LogP contribution is 2.22. The molecule has 1 atom stereocenters. The van der Waals surface area contributed by atoms with E-state index in [2.05, 4.69) is 0 Å². The van der Waals surface area contributed by atoms with Crippen molar-refractivity contribution in [3.63, 3.8) is 0 Å². The molecule has 1 aliphatic heterocycles. The number of amides is 1. The summed E-state index contributed by atoms with van der Waals surface area (Å²) in [4.78, 5) is 25.5. The van der Waals surface area contributed by atoms with Crippen LogP contribution in [0.25, 0.3) is 0 Å². The summed E-state index contributed by atoms with van der Waals surface area (Å²) in [6, 6.07) is 1.21. The molecule has 6 heteroatoms. The van der Waals surface area contributed by atoms with Crippen LogP contribution >= 0.6 is 22.9 Å². The molecule has 98 valence electrons. The number of thiophene rings is 1. The summed E-state index contributed by atoms with van der Waals surface area (Å²) in [5, 5.41) is 11.5. The van der Waals surface area contributed by atoms with Gasteiger partial charge in [-0.2, -0.15) is 0 Å². The third-order valence-electron chi connectivity index (χ3n) is 3.07. The van der Waals surface area contributed by atoms with Gasteiger partial charge in [0.2, 0.25) is 5.91 Å². The zero-order valence-electron chi connectivity index (χ0n) is 9.76. The number of carbonyl (C=O) groups is 2. The zero-order chi connectivity index (χ0) is 13.1. The molecule has 0 radical (unpaired) electrons. The molecule has 18 heavy (non-hydrogen) atoms. The predicted octanol–water partition coefficient (Wildman–Crippen LogP) is 2.41. The summed E-state index contributed by atoms with van der Waals surface area (Å²) in [6.45, 7) is 0.557. The molecular formula is C12H14ClNO3S. The first-order valence-corrected chi connectivity index (χ1v) is 7.09. The Bertz CT molecular complexity index is 460. The van der Waals surface area contributed by atoms with Crippen LogP contribution in [0.3, 0.4) is 0 Å². The summed E-state index contributed by atoms with van der Waals surface area (Å²) < 4.78 is 0. The largest absolute Gasteiger partial charge is 0.480 e. The monoisotopic (exact) mass is 287 g/mol. The minimum atomic E-state index is -0.903. The lowest BCUT2D eigenvalue weighted by Crippen LogP contribution is -2.40. The molecule has 1 amide bonds. The maximum Gasteiger partial charge on any atom is 0.326 e. The Hall–Kier alpha value is -1.07. The molecule has 0 saturated carbocycles. The maximum absolute atomic E-state index is 12.0. The van der Waals surface area contributed by atoms with Crippen LogP contribution < -0.4 is 0 Å². The second-order valence-electron chi connectivity index (χ2n) is 4.31. The molecule has 0 bridgehead atoms. The Kier molecular flexibility index (Phi) is 4.24. The van der Waals surface area contributed by atoms with E-state index in [0.29, 0.717) is 30.8 Å². The highest BCUT2D eigenvalue weighted by Gasteiger charge is 2.33. The molecule has 1 saturated heterocycles. The molecule has 1 aromatic rings. The quantitative estimate of drug-likeness (QED) is 0.925. The number of hydrogen-bond acceptors (Lipinski definition) is 3. The third kappa shape index (κ3) is 3.03. The highest BCUT2D eigenvalue weighted by atomic mass is 35.5. The van der Waals surface area contributed by atoms with E-state index in [1.54, 1.807) is 0 Å². The number of carbonyl (C=O) groups excluding carboxylic acids is 1. The van der Waals surface area contributed by atoms with E-state index in [4.69, 9.17) is 16.7 Å². The molecule has 2 heterocycles. The molecular weight excluding hydrogens is 274 g/mol. The molecule has 1 N–H and O–H groups in total. The minimum Gasteiger partial charge on any atom is -0.480 e. The number of nitrogens with zero attached hydrogens (tertiary/aromatic N) is 1. The van der Waals surface area contributed by atoms with Crippen molar-refractivity contribution in [1.29, 1.82) is 0 Å². The van der Waals surface area contributed by atoms with Crippen LogP contribution in [0, 0.1) is 0 Å². The van der Waals surface area contributed by atoms with E-state index in [9.17, 15) is 9.59 Å². The van der Waals surface area contributed by atoms with Crippen molar-refractivity contribution >= 4 is 34.8 Å². The van der Waals surface area contributed by atoms with Crippen LogP contribution in [0.2, 0.25) is 5.02 Å². The van der Waals surface area contributed by atoms with E-state index >= 15 is 0 Å². The molecule has 1 aliphatic rings. The summed E-state index contributed by atoms with van der Waals surface area (Å²) >= 11 is 7.33. The summed E-state index contributed by atoms with van der Waals surface area (Å²) in [6.07, 6.45) is 2.30. The number of carboxylic acids is 1. The fraction of sp³-hybridized carbons (Fsp3) is 0.500. The fourth-order valence-electron chi connectivity index (χ4n) is 2.18. The minimum absolute atomic E-state index is 0.0792. The fourth-order valence-corrected chi connectivity index (χ4v) is 3.26. The van der Waals surface area contributed by atoms with Crippen molar-refractivity contribution in [1.82, 2.24) is 4.90 Å². The van der Waals surface area contributed by atoms with E-state index in [-0.39, 0.29) is 5.91 Å². The molecule has 4 nitrogen and oxygen atoms in total. The van der Waals surface area contributed by atoms with Crippen LogP contribution in [0.1, 0.15) is 24.1 Å². The molecule has 0 aliphatic carbocycles. The number of halogens is 1. The average Bonchev–Trinajstić information content (AvgIpc) is 2.94. The van der Waals surface area contributed by atoms with Crippen LogP contribution in [-0.4, -0.2) is 34.5 Å². The maximum atomic E-state index is 12.0. The lowest BCUT2D eigenvalue weighted by atomic mass is 10.2. The normalized spacial score (nSPS) is 19.2. The van der Waals surface area contributed by atoms with Crippen molar-refractivity contribution in [3.05, 3.63) is 21.3 Å². The van der Waals surface area contributed by atoms with E-state index in [1.807, 2.05) is 11.4 Å². The number of likely N-dealkylation sites (tertiary alicyclic amines) is 1. The molecule has 1 aromatic heterocycles. The van der Waals surface area contributed by atoms with Crippen molar-refractivity contribution < 1.29 is 14.7 Å². The van der Waals surface area contributed by atoms with E-state index in [0.717, 1.165) is 11.3 Å². The van der Waals surface area contributed by atoms with Crippen LogP contribution in [-0.2, 0) is 16.0 Å². The van der Waals surface area contributed by atoms with Gasteiger partial charge in [0.15, 0.2) is 0 Å². The number of rotatable bonds is 4. The van der Waals surface area contributed by atoms with Crippen LogP contribution in [0.15, 0.2) is 11.4 Å². The van der Waals surface area contributed by atoms with Gasteiger partial charge in [-0.3, -0.25) is 4.79 Å². The first kappa shape index (κ1) is 13.4. The van der Waals surface area contributed by atoms with E-state index in [1.165, 1.54) is 16.2 Å².